The maximum absolute atomic E-state index is 11.7. The molecule has 1 heterocycles. The number of unbranched alkanes of at least 4 members (excludes halogenated alkanes) is 1. The van der Waals surface area contributed by atoms with Gasteiger partial charge in [0.05, 0.1) is 5.56 Å². The van der Waals surface area contributed by atoms with E-state index in [2.05, 4.69) is 51.9 Å². The normalized spacial score (nSPS) is 10.6. The summed E-state index contributed by atoms with van der Waals surface area (Å²) in [5, 5.41) is 2.89. The first kappa shape index (κ1) is 14.4. The van der Waals surface area contributed by atoms with Crippen molar-refractivity contribution in [1.82, 2.24) is 15.2 Å². The minimum Gasteiger partial charge on any atom is -0.352 e. The van der Waals surface area contributed by atoms with Crippen molar-refractivity contribution in [1.29, 1.82) is 0 Å². The molecule has 1 aromatic rings. The number of amides is 1. The van der Waals surface area contributed by atoms with Crippen LogP contribution in [0.5, 0.6) is 0 Å². The molecule has 0 aromatic carbocycles. The summed E-state index contributed by atoms with van der Waals surface area (Å²) < 4.78 is 0.894. The Morgan fingerprint density at radius 2 is 2.18 bits per heavy atom. The van der Waals surface area contributed by atoms with Crippen LogP contribution in [0.15, 0.2) is 18.3 Å². The highest BCUT2D eigenvalue weighted by Gasteiger charge is 2.04. The summed E-state index contributed by atoms with van der Waals surface area (Å²) in [6.45, 7) is 1.78. The zero-order chi connectivity index (χ0) is 12.7. The molecule has 0 unspecified atom stereocenters. The quantitative estimate of drug-likeness (QED) is 0.486. The molecule has 0 aliphatic heterocycles. The minimum absolute atomic E-state index is 0.0428. The molecule has 0 spiro atoms. The molecule has 5 heteroatoms. The molecule has 0 bridgehead atoms. The molecular formula is C12H18IN3O. The molecule has 94 valence electrons. The lowest BCUT2D eigenvalue weighted by Gasteiger charge is -2.09. The van der Waals surface area contributed by atoms with E-state index in [-0.39, 0.29) is 5.91 Å². The fourth-order valence-corrected chi connectivity index (χ4v) is 1.69. The molecule has 4 nitrogen and oxygen atoms in total. The summed E-state index contributed by atoms with van der Waals surface area (Å²) in [6.07, 6.45) is 3.71. The van der Waals surface area contributed by atoms with E-state index >= 15 is 0 Å². The lowest BCUT2D eigenvalue weighted by Crippen LogP contribution is -2.25. The number of pyridine rings is 1. The monoisotopic (exact) mass is 344 g/mol. The summed E-state index contributed by atoms with van der Waals surface area (Å²) >= 11 is 2.12. The Morgan fingerprint density at radius 3 is 2.76 bits per heavy atom. The second-order valence-electron chi connectivity index (χ2n) is 4.14. The van der Waals surface area contributed by atoms with Crippen molar-refractivity contribution in [3.05, 3.63) is 27.6 Å². The van der Waals surface area contributed by atoms with Crippen molar-refractivity contribution < 1.29 is 4.79 Å². The number of nitrogens with one attached hydrogen (secondary N) is 1. The molecule has 1 rings (SSSR count). The third kappa shape index (κ3) is 5.97. The molecule has 0 saturated carbocycles. The number of hydrogen-bond donors (Lipinski definition) is 1. The van der Waals surface area contributed by atoms with Crippen LogP contribution in [0.3, 0.4) is 0 Å². The lowest BCUT2D eigenvalue weighted by atomic mass is 10.2. The molecule has 0 aliphatic carbocycles. The van der Waals surface area contributed by atoms with E-state index in [4.69, 9.17) is 0 Å². The van der Waals surface area contributed by atoms with Gasteiger partial charge in [0, 0.05) is 12.7 Å². The van der Waals surface area contributed by atoms with Crippen LogP contribution in [-0.4, -0.2) is 43.0 Å². The molecule has 1 aromatic heterocycles. The fraction of sp³-hybridized carbons (Fsp3) is 0.500. The van der Waals surface area contributed by atoms with Crippen molar-refractivity contribution in [3.63, 3.8) is 0 Å². The predicted octanol–water partition coefficient (Wildman–Crippen LogP) is 1.76. The van der Waals surface area contributed by atoms with Gasteiger partial charge < -0.3 is 10.2 Å². The minimum atomic E-state index is -0.0428. The van der Waals surface area contributed by atoms with Crippen LogP contribution in [0, 0.1) is 3.70 Å². The third-order valence-corrected chi connectivity index (χ3v) is 2.95. The van der Waals surface area contributed by atoms with Gasteiger partial charge >= 0.3 is 0 Å². The van der Waals surface area contributed by atoms with Gasteiger partial charge in [0.25, 0.3) is 5.91 Å². The van der Waals surface area contributed by atoms with Gasteiger partial charge in [0.1, 0.15) is 3.70 Å². The Balaban J connectivity index is 2.23. The van der Waals surface area contributed by atoms with Crippen molar-refractivity contribution in [2.24, 2.45) is 0 Å². The molecule has 0 aliphatic rings. The van der Waals surface area contributed by atoms with Gasteiger partial charge in [-0.3, -0.25) is 4.79 Å². The number of rotatable bonds is 6. The zero-order valence-electron chi connectivity index (χ0n) is 10.2. The van der Waals surface area contributed by atoms with Crippen molar-refractivity contribution in [3.8, 4) is 0 Å². The topological polar surface area (TPSA) is 45.2 Å². The fourth-order valence-electron chi connectivity index (χ4n) is 1.37. The van der Waals surface area contributed by atoms with Crippen molar-refractivity contribution in [2.45, 2.75) is 12.8 Å². The first-order valence-electron chi connectivity index (χ1n) is 5.64. The molecule has 0 fully saturated rings. The van der Waals surface area contributed by atoms with Crippen LogP contribution < -0.4 is 5.32 Å². The maximum Gasteiger partial charge on any atom is 0.252 e. The first-order chi connectivity index (χ1) is 8.09. The van der Waals surface area contributed by atoms with E-state index < -0.39 is 0 Å². The van der Waals surface area contributed by atoms with E-state index in [1.165, 1.54) is 0 Å². The number of aromatic nitrogens is 1. The molecule has 17 heavy (non-hydrogen) atoms. The highest BCUT2D eigenvalue weighted by atomic mass is 124. The number of hydrogen-bond acceptors (Lipinski definition) is 3. The zero-order valence-corrected chi connectivity index (χ0v) is 12.4. The lowest BCUT2D eigenvalue weighted by molar-refractivity contribution is 0.0952. The Bertz CT molecular complexity index is 351. The van der Waals surface area contributed by atoms with E-state index in [0.29, 0.717) is 5.56 Å². The number of halogens is 1. The van der Waals surface area contributed by atoms with Gasteiger partial charge in [-0.1, -0.05) is 0 Å². The number of carbonyl (C=O) groups excluding carboxylic acids is 1. The van der Waals surface area contributed by atoms with Gasteiger partial charge in [-0.05, 0) is 68.2 Å². The van der Waals surface area contributed by atoms with E-state index in [1.807, 2.05) is 6.07 Å². The average molecular weight is 344 g/mol. The van der Waals surface area contributed by atoms with Crippen LogP contribution in [0.4, 0.5) is 0 Å². The van der Waals surface area contributed by atoms with Gasteiger partial charge in [-0.15, -0.1) is 0 Å². The third-order valence-electron chi connectivity index (χ3n) is 2.31. The Kier molecular flexibility index (Phi) is 6.43. The molecule has 0 radical (unpaired) electrons. The molecular weight excluding hydrogens is 326 g/mol. The SMILES string of the molecule is CN(C)CCCCNC(=O)c1ccc([124I])nc1. The van der Waals surface area contributed by atoms with Gasteiger partial charge in [-0.2, -0.15) is 0 Å². The Hall–Kier alpha value is -0.690. The van der Waals surface area contributed by atoms with E-state index in [1.54, 1.807) is 12.3 Å². The highest BCUT2D eigenvalue weighted by Crippen LogP contribution is 2.02. The summed E-state index contributed by atoms with van der Waals surface area (Å²) in [6, 6.07) is 3.63. The van der Waals surface area contributed by atoms with Crippen LogP contribution in [0.2, 0.25) is 0 Å². The van der Waals surface area contributed by atoms with Gasteiger partial charge in [0.2, 0.25) is 0 Å². The van der Waals surface area contributed by atoms with Crippen molar-refractivity contribution in [2.75, 3.05) is 27.2 Å². The van der Waals surface area contributed by atoms with Crippen molar-refractivity contribution >= 4 is 28.5 Å². The smallest absolute Gasteiger partial charge is 0.252 e. The predicted molar refractivity (Wildman–Crippen MR) is 77.1 cm³/mol. The standard InChI is InChI=1S/C12H18IN3O/c1-16(2)8-4-3-7-14-12(17)10-5-6-11(13)15-9-10/h5-6,9H,3-4,7-8H2,1-2H3,(H,14,17)/i13-3. The average Bonchev–Trinajstić information content (AvgIpc) is 2.29. The molecule has 1 N–H and O–H groups in total. The molecule has 0 atom stereocenters. The largest absolute Gasteiger partial charge is 0.352 e. The summed E-state index contributed by atoms with van der Waals surface area (Å²) in [7, 11) is 4.10. The number of nitrogens with zero attached hydrogens (tertiary/aromatic N) is 2. The summed E-state index contributed by atoms with van der Waals surface area (Å²) in [5.74, 6) is -0.0428. The van der Waals surface area contributed by atoms with E-state index in [9.17, 15) is 4.79 Å². The van der Waals surface area contributed by atoms with Gasteiger partial charge in [-0.25, -0.2) is 4.98 Å². The van der Waals surface area contributed by atoms with Crippen LogP contribution >= 0.6 is 22.6 Å². The molecule has 0 saturated heterocycles. The maximum atomic E-state index is 11.7. The van der Waals surface area contributed by atoms with Crippen LogP contribution in [0.1, 0.15) is 23.2 Å². The number of carbonyl (C=O) groups is 1. The second-order valence-corrected chi connectivity index (χ2v) is 5.24. The van der Waals surface area contributed by atoms with Crippen LogP contribution in [0.25, 0.3) is 0 Å². The second kappa shape index (κ2) is 7.60. The highest BCUT2D eigenvalue weighted by molar-refractivity contribution is 14.1. The summed E-state index contributed by atoms with van der Waals surface area (Å²) in [5.41, 5.74) is 0.623. The van der Waals surface area contributed by atoms with Crippen LogP contribution in [-0.2, 0) is 0 Å². The molecule has 1 amide bonds. The first-order valence-corrected chi connectivity index (χ1v) is 6.72. The van der Waals surface area contributed by atoms with E-state index in [0.717, 1.165) is 29.6 Å². The Morgan fingerprint density at radius 1 is 1.41 bits per heavy atom. The Labute approximate surface area is 116 Å². The summed E-state index contributed by atoms with van der Waals surface area (Å²) in [4.78, 5) is 17.9. The van der Waals surface area contributed by atoms with Gasteiger partial charge in [0.15, 0.2) is 0 Å².